The Bertz CT molecular complexity index is 933. The fourth-order valence-electron chi connectivity index (χ4n) is 5.78. The van der Waals surface area contributed by atoms with E-state index in [-0.39, 0.29) is 32.0 Å². The standard InChI is InChI=1S/C41H72O10/c1-3-5-7-9-11-12-13-14-15-16-17-18-19-20-21-22-24-26-28-30-37(44)50-34(32-48-36(43)29-27-25-23-10-8-6-4-2)33-49-41-40(47)39(46)38(45)35(31-42)51-41/h11-12,14-15,17-18,34-35,38-42,45-47H,3-10,13,16,19-33H2,1-2H3/b12-11-,15-14-,18-17-. The summed E-state index contributed by atoms with van der Waals surface area (Å²) in [5.41, 5.74) is 0. The number of allylic oxidation sites excluding steroid dienone is 6. The second kappa shape index (κ2) is 32.6. The van der Waals surface area contributed by atoms with E-state index in [2.05, 4.69) is 50.3 Å². The third-order valence-corrected chi connectivity index (χ3v) is 9.03. The van der Waals surface area contributed by atoms with E-state index in [9.17, 15) is 30.0 Å². The molecule has 0 aromatic heterocycles. The molecule has 0 bridgehead atoms. The molecule has 0 aromatic carbocycles. The summed E-state index contributed by atoms with van der Waals surface area (Å²) >= 11 is 0. The summed E-state index contributed by atoms with van der Waals surface area (Å²) in [5, 5.41) is 39.9. The molecule has 1 rings (SSSR count). The summed E-state index contributed by atoms with van der Waals surface area (Å²) in [5.74, 6) is -0.830. The molecule has 6 unspecified atom stereocenters. The van der Waals surface area contributed by atoms with Crippen molar-refractivity contribution in [2.45, 2.75) is 192 Å². The summed E-state index contributed by atoms with van der Waals surface area (Å²) in [7, 11) is 0. The summed E-state index contributed by atoms with van der Waals surface area (Å²) in [6.07, 6.45) is 27.4. The van der Waals surface area contributed by atoms with Crippen LogP contribution in [-0.2, 0) is 28.5 Å². The first-order chi connectivity index (χ1) is 24.8. The van der Waals surface area contributed by atoms with Crippen molar-refractivity contribution in [3.05, 3.63) is 36.5 Å². The van der Waals surface area contributed by atoms with Gasteiger partial charge in [-0.1, -0.05) is 127 Å². The second-order valence-corrected chi connectivity index (χ2v) is 13.7. The minimum atomic E-state index is -1.59. The number of unbranched alkanes of at least 4 members (excludes halogenated alkanes) is 15. The first-order valence-electron chi connectivity index (χ1n) is 20.1. The van der Waals surface area contributed by atoms with Crippen molar-refractivity contribution in [1.29, 1.82) is 0 Å². The summed E-state index contributed by atoms with van der Waals surface area (Å²) < 4.78 is 22.0. The predicted molar refractivity (Wildman–Crippen MR) is 201 cm³/mol. The molecule has 51 heavy (non-hydrogen) atoms. The van der Waals surface area contributed by atoms with E-state index in [4.69, 9.17) is 18.9 Å². The van der Waals surface area contributed by atoms with Gasteiger partial charge in [0.25, 0.3) is 0 Å². The topological polar surface area (TPSA) is 152 Å². The number of hydrogen-bond acceptors (Lipinski definition) is 10. The van der Waals surface area contributed by atoms with Gasteiger partial charge >= 0.3 is 11.9 Å². The normalized spacial score (nSPS) is 21.6. The maximum Gasteiger partial charge on any atom is 0.306 e. The molecule has 0 aromatic rings. The zero-order chi connectivity index (χ0) is 37.4. The highest BCUT2D eigenvalue weighted by molar-refractivity contribution is 5.70. The third kappa shape index (κ3) is 24.7. The van der Waals surface area contributed by atoms with Crippen molar-refractivity contribution >= 4 is 11.9 Å². The highest BCUT2D eigenvalue weighted by Crippen LogP contribution is 2.22. The Kier molecular flexibility index (Phi) is 30.0. The van der Waals surface area contributed by atoms with Crippen LogP contribution in [0, 0.1) is 0 Å². The Morgan fingerprint density at radius 1 is 0.608 bits per heavy atom. The van der Waals surface area contributed by atoms with Gasteiger partial charge in [0, 0.05) is 12.8 Å². The molecule has 10 nitrogen and oxygen atoms in total. The minimum absolute atomic E-state index is 0.216. The first kappa shape index (κ1) is 46.9. The quantitative estimate of drug-likeness (QED) is 0.0311. The van der Waals surface area contributed by atoms with Gasteiger partial charge in [0.05, 0.1) is 13.2 Å². The maximum absolute atomic E-state index is 12.7. The van der Waals surface area contributed by atoms with Gasteiger partial charge in [-0.25, -0.2) is 0 Å². The number of aliphatic hydroxyl groups is 4. The molecule has 1 heterocycles. The van der Waals surface area contributed by atoms with Gasteiger partial charge in [0.1, 0.15) is 31.0 Å². The van der Waals surface area contributed by atoms with Gasteiger partial charge in [0.15, 0.2) is 12.4 Å². The number of carbonyl (C=O) groups is 2. The Hall–Kier alpha value is -2.08. The molecule has 4 N–H and O–H groups in total. The Labute approximate surface area is 308 Å². The van der Waals surface area contributed by atoms with E-state index in [1.54, 1.807) is 0 Å². The molecular weight excluding hydrogens is 652 g/mol. The van der Waals surface area contributed by atoms with Gasteiger partial charge in [-0.2, -0.15) is 0 Å². The smallest absolute Gasteiger partial charge is 0.306 e. The zero-order valence-electron chi connectivity index (χ0n) is 31.8. The van der Waals surface area contributed by atoms with Crippen LogP contribution >= 0.6 is 0 Å². The van der Waals surface area contributed by atoms with Crippen LogP contribution in [-0.4, -0.2) is 89.0 Å². The van der Waals surface area contributed by atoms with Crippen LogP contribution in [0.5, 0.6) is 0 Å². The average molecular weight is 725 g/mol. The Morgan fingerprint density at radius 2 is 1.10 bits per heavy atom. The molecule has 1 fully saturated rings. The largest absolute Gasteiger partial charge is 0.462 e. The lowest BCUT2D eigenvalue weighted by atomic mass is 9.99. The summed E-state index contributed by atoms with van der Waals surface area (Å²) in [6.45, 7) is 3.31. The van der Waals surface area contributed by atoms with Crippen LogP contribution in [0.4, 0.5) is 0 Å². The SMILES string of the molecule is CCCCC/C=C\C/C=C\C/C=C\CCCCCCCCC(=O)OC(COC(=O)CCCCCCCCC)COC1OC(CO)C(O)C(O)C1O. The Morgan fingerprint density at radius 3 is 1.69 bits per heavy atom. The number of hydrogen-bond donors (Lipinski definition) is 4. The minimum Gasteiger partial charge on any atom is -0.462 e. The molecule has 1 aliphatic rings. The van der Waals surface area contributed by atoms with Gasteiger partial charge in [-0.3, -0.25) is 9.59 Å². The van der Waals surface area contributed by atoms with Gasteiger partial charge in [0.2, 0.25) is 0 Å². The van der Waals surface area contributed by atoms with Crippen LogP contribution in [0.3, 0.4) is 0 Å². The van der Waals surface area contributed by atoms with Gasteiger partial charge in [-0.05, 0) is 51.4 Å². The van der Waals surface area contributed by atoms with E-state index < -0.39 is 49.4 Å². The van der Waals surface area contributed by atoms with Crippen LogP contribution in [0.25, 0.3) is 0 Å². The van der Waals surface area contributed by atoms with Crippen molar-refractivity contribution in [2.24, 2.45) is 0 Å². The highest BCUT2D eigenvalue weighted by atomic mass is 16.7. The van der Waals surface area contributed by atoms with E-state index in [0.29, 0.717) is 6.42 Å². The lowest BCUT2D eigenvalue weighted by Gasteiger charge is -2.39. The van der Waals surface area contributed by atoms with Gasteiger partial charge < -0.3 is 39.4 Å². The number of esters is 2. The third-order valence-electron chi connectivity index (χ3n) is 9.03. The van der Waals surface area contributed by atoms with Crippen LogP contribution < -0.4 is 0 Å². The van der Waals surface area contributed by atoms with Crippen LogP contribution in [0.15, 0.2) is 36.5 Å². The molecule has 296 valence electrons. The fourth-order valence-corrected chi connectivity index (χ4v) is 5.78. The van der Waals surface area contributed by atoms with E-state index in [0.717, 1.165) is 77.0 Å². The molecular formula is C41H72O10. The zero-order valence-corrected chi connectivity index (χ0v) is 31.8. The second-order valence-electron chi connectivity index (χ2n) is 13.7. The molecule has 0 aliphatic carbocycles. The number of rotatable bonds is 32. The molecule has 10 heteroatoms. The predicted octanol–water partition coefficient (Wildman–Crippen LogP) is 7.55. The van der Waals surface area contributed by atoms with Crippen LogP contribution in [0.2, 0.25) is 0 Å². The maximum atomic E-state index is 12.7. The number of carbonyl (C=O) groups excluding carboxylic acids is 2. The number of aliphatic hydroxyl groups excluding tert-OH is 4. The molecule has 0 saturated carbocycles. The fraction of sp³-hybridized carbons (Fsp3) is 0.805. The number of ether oxygens (including phenoxy) is 4. The molecule has 0 amide bonds. The summed E-state index contributed by atoms with van der Waals surface area (Å²) in [4.78, 5) is 25.1. The van der Waals surface area contributed by atoms with E-state index >= 15 is 0 Å². The lowest BCUT2D eigenvalue weighted by molar-refractivity contribution is -0.305. The van der Waals surface area contributed by atoms with Crippen molar-refractivity contribution in [3.63, 3.8) is 0 Å². The lowest BCUT2D eigenvalue weighted by Crippen LogP contribution is -2.59. The van der Waals surface area contributed by atoms with Crippen molar-refractivity contribution in [2.75, 3.05) is 19.8 Å². The first-order valence-corrected chi connectivity index (χ1v) is 20.1. The molecule has 6 atom stereocenters. The summed E-state index contributed by atoms with van der Waals surface area (Å²) in [6, 6.07) is 0. The molecule has 0 radical (unpaired) electrons. The average Bonchev–Trinajstić information content (AvgIpc) is 3.13. The highest BCUT2D eigenvalue weighted by Gasteiger charge is 2.44. The monoisotopic (exact) mass is 725 g/mol. The molecule has 1 saturated heterocycles. The van der Waals surface area contributed by atoms with Crippen LogP contribution in [0.1, 0.15) is 155 Å². The molecule has 0 spiro atoms. The van der Waals surface area contributed by atoms with E-state index in [1.807, 2.05) is 0 Å². The molecule has 1 aliphatic heterocycles. The van der Waals surface area contributed by atoms with Crippen molar-refractivity contribution in [1.82, 2.24) is 0 Å². The van der Waals surface area contributed by atoms with Crippen molar-refractivity contribution in [3.8, 4) is 0 Å². The Balaban J connectivity index is 2.34. The van der Waals surface area contributed by atoms with Crippen molar-refractivity contribution < 1.29 is 49.0 Å². The van der Waals surface area contributed by atoms with Gasteiger partial charge in [-0.15, -0.1) is 0 Å². The van der Waals surface area contributed by atoms with E-state index in [1.165, 1.54) is 44.9 Å².